The van der Waals surface area contributed by atoms with Crippen molar-refractivity contribution < 1.29 is 4.79 Å². The van der Waals surface area contributed by atoms with E-state index in [1.54, 1.807) is 18.4 Å². The zero-order chi connectivity index (χ0) is 19.6. The number of anilines is 1. The van der Waals surface area contributed by atoms with Crippen molar-refractivity contribution >= 4 is 28.9 Å². The number of rotatable bonds is 8. The molecule has 0 bridgehead atoms. The molecule has 0 spiro atoms. The fourth-order valence-corrected chi connectivity index (χ4v) is 3.34. The van der Waals surface area contributed by atoms with Gasteiger partial charge in [0.05, 0.1) is 12.2 Å². The Bertz CT molecular complexity index is 769. The second kappa shape index (κ2) is 10.7. The summed E-state index contributed by atoms with van der Waals surface area (Å²) in [5, 5.41) is 12.7. The van der Waals surface area contributed by atoms with Gasteiger partial charge in [0, 0.05) is 31.1 Å². The number of guanidine groups is 1. The molecule has 2 aromatic rings. The predicted octanol–water partition coefficient (Wildman–Crippen LogP) is 3.87. The standard InChI is InChI=1S/C20H29N5OS/c1-5-7-18(26)24-16-9-6-8-15(10-16)11-22-20(21-4)23-12-19-25-17(13-27-19)14(2)3/h6,8-10,13-14H,5,7,11-12H2,1-4H3,(H,24,26)(H2,21,22,23). The van der Waals surface area contributed by atoms with Crippen molar-refractivity contribution in [3.63, 3.8) is 0 Å². The normalized spacial score (nSPS) is 11.5. The Labute approximate surface area is 165 Å². The van der Waals surface area contributed by atoms with E-state index in [2.05, 4.69) is 45.2 Å². The minimum atomic E-state index is 0.0456. The molecular weight excluding hydrogens is 358 g/mol. The molecule has 0 fully saturated rings. The third-order valence-corrected chi connectivity index (χ3v) is 4.81. The number of aromatic nitrogens is 1. The van der Waals surface area contributed by atoms with E-state index in [9.17, 15) is 4.79 Å². The molecule has 1 aromatic heterocycles. The van der Waals surface area contributed by atoms with Gasteiger partial charge < -0.3 is 16.0 Å². The molecule has 7 heteroatoms. The van der Waals surface area contributed by atoms with Crippen LogP contribution in [0.5, 0.6) is 0 Å². The highest BCUT2D eigenvalue weighted by molar-refractivity contribution is 7.09. The van der Waals surface area contributed by atoms with Gasteiger partial charge in [-0.1, -0.05) is 32.9 Å². The van der Waals surface area contributed by atoms with Crippen LogP contribution in [0.4, 0.5) is 5.69 Å². The van der Waals surface area contributed by atoms with Gasteiger partial charge in [0.25, 0.3) is 0 Å². The summed E-state index contributed by atoms with van der Waals surface area (Å²) >= 11 is 1.66. The lowest BCUT2D eigenvalue weighted by molar-refractivity contribution is -0.116. The number of nitrogens with zero attached hydrogens (tertiary/aromatic N) is 2. The second-order valence-corrected chi connectivity index (χ2v) is 7.54. The molecule has 1 aromatic carbocycles. The quantitative estimate of drug-likeness (QED) is 0.475. The summed E-state index contributed by atoms with van der Waals surface area (Å²) in [7, 11) is 1.75. The molecule has 27 heavy (non-hydrogen) atoms. The monoisotopic (exact) mass is 387 g/mol. The SMILES string of the molecule is CCCC(=O)Nc1cccc(CNC(=NC)NCc2nc(C(C)C)cs2)c1. The zero-order valence-electron chi connectivity index (χ0n) is 16.5. The lowest BCUT2D eigenvalue weighted by Gasteiger charge is -2.12. The fraction of sp³-hybridized carbons (Fsp3) is 0.450. The fourth-order valence-electron chi connectivity index (χ4n) is 2.45. The Morgan fingerprint density at radius 3 is 2.70 bits per heavy atom. The van der Waals surface area contributed by atoms with Crippen molar-refractivity contribution in [1.29, 1.82) is 0 Å². The Balaban J connectivity index is 1.85. The van der Waals surface area contributed by atoms with Gasteiger partial charge in [0.15, 0.2) is 5.96 Å². The summed E-state index contributed by atoms with van der Waals surface area (Å²) in [6.45, 7) is 7.54. The van der Waals surface area contributed by atoms with Crippen LogP contribution in [0.1, 0.15) is 55.8 Å². The van der Waals surface area contributed by atoms with Crippen LogP contribution in [0.3, 0.4) is 0 Å². The summed E-state index contributed by atoms with van der Waals surface area (Å²) in [5.74, 6) is 1.21. The molecule has 0 saturated carbocycles. The summed E-state index contributed by atoms with van der Waals surface area (Å²) < 4.78 is 0. The summed E-state index contributed by atoms with van der Waals surface area (Å²) in [5.41, 5.74) is 3.02. The number of benzene rings is 1. The van der Waals surface area contributed by atoms with Crippen LogP contribution in [-0.4, -0.2) is 23.9 Å². The molecule has 3 N–H and O–H groups in total. The highest BCUT2D eigenvalue weighted by Crippen LogP contribution is 2.17. The lowest BCUT2D eigenvalue weighted by Crippen LogP contribution is -2.36. The maximum absolute atomic E-state index is 11.7. The number of carbonyl (C=O) groups excluding carboxylic acids is 1. The van der Waals surface area contributed by atoms with Gasteiger partial charge in [-0.05, 0) is 30.0 Å². The van der Waals surface area contributed by atoms with Gasteiger partial charge in [-0.25, -0.2) is 4.98 Å². The van der Waals surface area contributed by atoms with Crippen LogP contribution in [0.15, 0.2) is 34.6 Å². The average molecular weight is 388 g/mol. The van der Waals surface area contributed by atoms with Crippen molar-refractivity contribution in [2.45, 2.75) is 52.6 Å². The molecule has 0 atom stereocenters. The van der Waals surface area contributed by atoms with Gasteiger partial charge in [-0.2, -0.15) is 0 Å². The third kappa shape index (κ3) is 7.02. The number of hydrogen-bond donors (Lipinski definition) is 3. The molecule has 0 aliphatic rings. The molecular formula is C20H29N5OS. The summed E-state index contributed by atoms with van der Waals surface area (Å²) in [4.78, 5) is 20.6. The minimum Gasteiger partial charge on any atom is -0.352 e. The molecule has 0 saturated heterocycles. The predicted molar refractivity (Wildman–Crippen MR) is 113 cm³/mol. The largest absolute Gasteiger partial charge is 0.352 e. The van der Waals surface area contributed by atoms with Gasteiger partial charge in [0.2, 0.25) is 5.91 Å². The van der Waals surface area contributed by atoms with Gasteiger partial charge >= 0.3 is 0 Å². The molecule has 1 amide bonds. The Hall–Kier alpha value is -2.41. The van der Waals surface area contributed by atoms with E-state index in [1.165, 1.54) is 0 Å². The first kappa shape index (κ1) is 20.9. The Kier molecular flexibility index (Phi) is 8.26. The first-order chi connectivity index (χ1) is 13.0. The average Bonchev–Trinajstić information content (AvgIpc) is 3.12. The molecule has 6 nitrogen and oxygen atoms in total. The third-order valence-electron chi connectivity index (χ3n) is 3.94. The molecule has 0 unspecified atom stereocenters. The molecule has 0 aliphatic heterocycles. The van der Waals surface area contributed by atoms with Crippen LogP contribution in [0.2, 0.25) is 0 Å². The number of amides is 1. The van der Waals surface area contributed by atoms with Crippen LogP contribution in [-0.2, 0) is 17.9 Å². The lowest BCUT2D eigenvalue weighted by atomic mass is 10.2. The van der Waals surface area contributed by atoms with Gasteiger partial charge in [-0.3, -0.25) is 9.79 Å². The molecule has 0 radical (unpaired) electrons. The van der Waals surface area contributed by atoms with Crippen molar-refractivity contribution in [2.75, 3.05) is 12.4 Å². The van der Waals surface area contributed by atoms with Crippen molar-refractivity contribution in [2.24, 2.45) is 4.99 Å². The first-order valence-electron chi connectivity index (χ1n) is 9.29. The summed E-state index contributed by atoms with van der Waals surface area (Å²) in [6.07, 6.45) is 1.38. The van der Waals surface area contributed by atoms with Crippen molar-refractivity contribution in [1.82, 2.24) is 15.6 Å². The molecule has 0 aliphatic carbocycles. The maximum Gasteiger partial charge on any atom is 0.224 e. The van der Waals surface area contributed by atoms with E-state index >= 15 is 0 Å². The van der Waals surface area contributed by atoms with E-state index in [1.807, 2.05) is 31.2 Å². The second-order valence-electron chi connectivity index (χ2n) is 6.60. The van der Waals surface area contributed by atoms with E-state index in [-0.39, 0.29) is 5.91 Å². The Morgan fingerprint density at radius 1 is 1.26 bits per heavy atom. The number of carbonyl (C=O) groups is 1. The summed E-state index contributed by atoms with van der Waals surface area (Å²) in [6, 6.07) is 7.84. The molecule has 1 heterocycles. The van der Waals surface area contributed by atoms with Crippen molar-refractivity contribution in [3.05, 3.63) is 45.9 Å². The molecule has 146 valence electrons. The van der Waals surface area contributed by atoms with Crippen LogP contribution in [0.25, 0.3) is 0 Å². The van der Waals surface area contributed by atoms with Gasteiger partial charge in [0.1, 0.15) is 5.01 Å². The van der Waals surface area contributed by atoms with E-state index in [0.29, 0.717) is 25.4 Å². The highest BCUT2D eigenvalue weighted by Gasteiger charge is 2.07. The van der Waals surface area contributed by atoms with E-state index < -0.39 is 0 Å². The zero-order valence-corrected chi connectivity index (χ0v) is 17.3. The van der Waals surface area contributed by atoms with E-state index in [4.69, 9.17) is 0 Å². The van der Waals surface area contributed by atoms with E-state index in [0.717, 1.165) is 34.3 Å². The number of aliphatic imine (C=N–C) groups is 1. The number of nitrogens with one attached hydrogen (secondary N) is 3. The minimum absolute atomic E-state index is 0.0456. The highest BCUT2D eigenvalue weighted by atomic mass is 32.1. The van der Waals surface area contributed by atoms with Crippen LogP contribution >= 0.6 is 11.3 Å². The van der Waals surface area contributed by atoms with Crippen LogP contribution < -0.4 is 16.0 Å². The first-order valence-corrected chi connectivity index (χ1v) is 10.2. The maximum atomic E-state index is 11.7. The topological polar surface area (TPSA) is 78.4 Å². The number of hydrogen-bond acceptors (Lipinski definition) is 4. The Morgan fingerprint density at radius 2 is 2.04 bits per heavy atom. The van der Waals surface area contributed by atoms with Crippen LogP contribution in [0, 0.1) is 0 Å². The number of thiazole rings is 1. The van der Waals surface area contributed by atoms with Gasteiger partial charge in [-0.15, -0.1) is 11.3 Å². The molecule has 2 rings (SSSR count). The smallest absolute Gasteiger partial charge is 0.224 e. The van der Waals surface area contributed by atoms with Crippen molar-refractivity contribution in [3.8, 4) is 0 Å².